The Bertz CT molecular complexity index is 853. The molecule has 0 bridgehead atoms. The summed E-state index contributed by atoms with van der Waals surface area (Å²) in [5, 5.41) is 12.4. The minimum Gasteiger partial charge on any atom is -0.332 e. The van der Waals surface area contributed by atoms with Crippen LogP contribution in [0.3, 0.4) is 0 Å². The molecule has 3 rings (SSSR count). The minimum atomic E-state index is -0.310. The summed E-state index contributed by atoms with van der Waals surface area (Å²) in [6.45, 7) is 6.68. The van der Waals surface area contributed by atoms with Crippen LogP contribution in [0.1, 0.15) is 26.3 Å². The zero-order chi connectivity index (χ0) is 18.6. The van der Waals surface area contributed by atoms with E-state index < -0.39 is 0 Å². The van der Waals surface area contributed by atoms with Gasteiger partial charge in [-0.25, -0.2) is 0 Å². The molecular weight excluding hydrogens is 326 g/mol. The fourth-order valence-electron chi connectivity index (χ4n) is 2.68. The molecule has 0 saturated heterocycles. The molecule has 3 aromatic rings. The van der Waals surface area contributed by atoms with Gasteiger partial charge >= 0.3 is 0 Å². The second kappa shape index (κ2) is 7.47. The molecule has 0 aliphatic heterocycles. The third-order valence-corrected chi connectivity index (χ3v) is 4.06. The molecule has 26 heavy (non-hydrogen) atoms. The van der Waals surface area contributed by atoms with Crippen molar-refractivity contribution >= 4 is 5.91 Å². The second-order valence-electron chi connectivity index (χ2n) is 7.15. The van der Waals surface area contributed by atoms with E-state index in [0.717, 1.165) is 11.1 Å². The van der Waals surface area contributed by atoms with Crippen molar-refractivity contribution in [1.82, 2.24) is 25.1 Å². The standard InChI is InChI=1S/C20H23N5O/c1-20(2,3)24(14-16-10-6-4-7-11-16)18(26)15-25-22-19(21-23-25)17-12-8-5-9-13-17/h4-13H,14-15H2,1-3H3. The number of hydrogen-bond acceptors (Lipinski definition) is 4. The first-order valence-corrected chi connectivity index (χ1v) is 8.61. The Labute approximate surface area is 153 Å². The van der Waals surface area contributed by atoms with Crippen molar-refractivity contribution in [2.45, 2.75) is 39.4 Å². The number of tetrazole rings is 1. The minimum absolute atomic E-state index is 0.0432. The highest BCUT2D eigenvalue weighted by Crippen LogP contribution is 2.18. The summed E-state index contributed by atoms with van der Waals surface area (Å²) < 4.78 is 0. The average molecular weight is 349 g/mol. The Balaban J connectivity index is 1.75. The molecule has 0 unspecified atom stereocenters. The Morgan fingerprint density at radius 1 is 1.00 bits per heavy atom. The monoisotopic (exact) mass is 349 g/mol. The number of carbonyl (C=O) groups excluding carboxylic acids is 1. The van der Waals surface area contributed by atoms with E-state index in [4.69, 9.17) is 0 Å². The Kier molecular flexibility index (Phi) is 5.11. The van der Waals surface area contributed by atoms with Crippen LogP contribution in [0, 0.1) is 0 Å². The summed E-state index contributed by atoms with van der Waals surface area (Å²) in [7, 11) is 0. The van der Waals surface area contributed by atoms with Gasteiger partial charge in [0.1, 0.15) is 6.54 Å². The van der Waals surface area contributed by atoms with Crippen LogP contribution in [0.15, 0.2) is 60.7 Å². The molecular formula is C20H23N5O. The van der Waals surface area contributed by atoms with Crippen molar-refractivity contribution in [2.24, 2.45) is 0 Å². The summed E-state index contributed by atoms with van der Waals surface area (Å²) in [5.74, 6) is 0.474. The van der Waals surface area contributed by atoms with E-state index in [1.165, 1.54) is 4.80 Å². The van der Waals surface area contributed by atoms with Crippen LogP contribution in [-0.2, 0) is 17.9 Å². The maximum absolute atomic E-state index is 12.9. The largest absolute Gasteiger partial charge is 0.332 e. The van der Waals surface area contributed by atoms with Gasteiger partial charge in [0, 0.05) is 17.6 Å². The molecule has 1 amide bonds. The number of nitrogens with zero attached hydrogens (tertiary/aromatic N) is 5. The van der Waals surface area contributed by atoms with Gasteiger partial charge in [0.05, 0.1) is 0 Å². The molecule has 0 aliphatic carbocycles. The fourth-order valence-corrected chi connectivity index (χ4v) is 2.68. The van der Waals surface area contributed by atoms with Crippen LogP contribution >= 0.6 is 0 Å². The Hall–Kier alpha value is -3.02. The van der Waals surface area contributed by atoms with Gasteiger partial charge < -0.3 is 4.90 Å². The van der Waals surface area contributed by atoms with Gasteiger partial charge in [-0.2, -0.15) is 4.80 Å². The van der Waals surface area contributed by atoms with Crippen molar-refractivity contribution in [3.63, 3.8) is 0 Å². The number of aromatic nitrogens is 4. The first kappa shape index (κ1) is 17.8. The summed E-state index contributed by atoms with van der Waals surface area (Å²) >= 11 is 0. The van der Waals surface area contributed by atoms with E-state index in [2.05, 4.69) is 15.4 Å². The van der Waals surface area contributed by atoms with E-state index >= 15 is 0 Å². The van der Waals surface area contributed by atoms with Crippen molar-refractivity contribution in [2.75, 3.05) is 0 Å². The zero-order valence-electron chi connectivity index (χ0n) is 15.3. The molecule has 1 heterocycles. The van der Waals surface area contributed by atoms with Gasteiger partial charge in [0.2, 0.25) is 11.7 Å². The number of carbonyl (C=O) groups is 1. The van der Waals surface area contributed by atoms with Crippen molar-refractivity contribution in [3.05, 3.63) is 66.2 Å². The lowest BCUT2D eigenvalue weighted by Gasteiger charge is -2.35. The highest BCUT2D eigenvalue weighted by molar-refractivity contribution is 5.76. The summed E-state index contributed by atoms with van der Waals surface area (Å²) in [6, 6.07) is 19.6. The van der Waals surface area contributed by atoms with E-state index in [-0.39, 0.29) is 18.0 Å². The number of rotatable bonds is 5. The van der Waals surface area contributed by atoms with Gasteiger partial charge in [0.15, 0.2) is 0 Å². The predicted molar refractivity (Wildman–Crippen MR) is 100.0 cm³/mol. The Morgan fingerprint density at radius 3 is 2.23 bits per heavy atom. The zero-order valence-corrected chi connectivity index (χ0v) is 15.3. The first-order chi connectivity index (χ1) is 12.4. The SMILES string of the molecule is CC(C)(C)N(Cc1ccccc1)C(=O)Cn1nnc(-c2ccccc2)n1. The fraction of sp³-hybridized carbons (Fsp3) is 0.300. The third-order valence-electron chi connectivity index (χ3n) is 4.06. The molecule has 6 nitrogen and oxygen atoms in total. The van der Waals surface area contributed by atoms with Gasteiger partial charge in [0.25, 0.3) is 0 Å². The smallest absolute Gasteiger partial charge is 0.246 e. The molecule has 0 atom stereocenters. The van der Waals surface area contributed by atoms with E-state index in [1.54, 1.807) is 0 Å². The van der Waals surface area contributed by atoms with Crippen LogP contribution in [-0.4, -0.2) is 36.6 Å². The number of benzene rings is 2. The quantitative estimate of drug-likeness (QED) is 0.710. The lowest BCUT2D eigenvalue weighted by molar-refractivity contribution is -0.137. The van der Waals surface area contributed by atoms with Gasteiger partial charge in [-0.3, -0.25) is 4.79 Å². The van der Waals surface area contributed by atoms with Crippen molar-refractivity contribution in [3.8, 4) is 11.4 Å². The molecule has 2 aromatic carbocycles. The van der Waals surface area contributed by atoms with Crippen molar-refractivity contribution < 1.29 is 4.79 Å². The highest BCUT2D eigenvalue weighted by Gasteiger charge is 2.27. The third kappa shape index (κ3) is 4.33. The summed E-state index contributed by atoms with van der Waals surface area (Å²) in [4.78, 5) is 16.1. The lowest BCUT2D eigenvalue weighted by atomic mass is 10.0. The van der Waals surface area contributed by atoms with E-state index in [1.807, 2.05) is 86.3 Å². The molecule has 0 saturated carbocycles. The van der Waals surface area contributed by atoms with Gasteiger partial charge in [-0.1, -0.05) is 60.7 Å². The average Bonchev–Trinajstić information content (AvgIpc) is 3.09. The normalized spacial score (nSPS) is 11.3. The molecule has 6 heteroatoms. The second-order valence-corrected chi connectivity index (χ2v) is 7.15. The highest BCUT2D eigenvalue weighted by atomic mass is 16.2. The summed E-state index contributed by atoms with van der Waals surface area (Å²) in [5.41, 5.74) is 1.66. The molecule has 0 spiro atoms. The molecule has 0 radical (unpaired) electrons. The maximum atomic E-state index is 12.9. The van der Waals surface area contributed by atoms with Gasteiger partial charge in [-0.05, 0) is 31.5 Å². The molecule has 0 fully saturated rings. The van der Waals surface area contributed by atoms with E-state index in [0.29, 0.717) is 12.4 Å². The summed E-state index contributed by atoms with van der Waals surface area (Å²) in [6.07, 6.45) is 0. The van der Waals surface area contributed by atoms with Crippen LogP contribution in [0.5, 0.6) is 0 Å². The topological polar surface area (TPSA) is 63.9 Å². The molecule has 0 aliphatic rings. The number of hydrogen-bond donors (Lipinski definition) is 0. The van der Waals surface area contributed by atoms with Crippen molar-refractivity contribution in [1.29, 1.82) is 0 Å². The van der Waals surface area contributed by atoms with Crippen LogP contribution in [0.25, 0.3) is 11.4 Å². The number of amides is 1. The first-order valence-electron chi connectivity index (χ1n) is 8.61. The molecule has 0 N–H and O–H groups in total. The van der Waals surface area contributed by atoms with E-state index in [9.17, 15) is 4.79 Å². The van der Waals surface area contributed by atoms with Crippen LogP contribution in [0.4, 0.5) is 0 Å². The molecule has 134 valence electrons. The maximum Gasteiger partial charge on any atom is 0.246 e. The Morgan fingerprint density at radius 2 is 1.62 bits per heavy atom. The van der Waals surface area contributed by atoms with Crippen LogP contribution in [0.2, 0.25) is 0 Å². The molecule has 1 aromatic heterocycles. The van der Waals surface area contributed by atoms with Gasteiger partial charge in [-0.15, -0.1) is 10.2 Å². The van der Waals surface area contributed by atoms with Crippen LogP contribution < -0.4 is 0 Å². The predicted octanol–water partition coefficient (Wildman–Crippen LogP) is 3.17. The lowest BCUT2D eigenvalue weighted by Crippen LogP contribution is -2.46.